The summed E-state index contributed by atoms with van der Waals surface area (Å²) < 4.78 is 18.8. The molecule has 1 saturated carbocycles. The maximum Gasteiger partial charge on any atom is 0.261 e. The molecule has 7 heteroatoms. The highest BCUT2D eigenvalue weighted by atomic mass is 35.5. The zero-order valence-electron chi connectivity index (χ0n) is 16.9. The fourth-order valence-electron chi connectivity index (χ4n) is 3.55. The summed E-state index contributed by atoms with van der Waals surface area (Å²) in [6.45, 7) is 1.64. The molecule has 0 saturated heterocycles. The van der Waals surface area contributed by atoms with Crippen molar-refractivity contribution in [3.05, 3.63) is 64.9 Å². The van der Waals surface area contributed by atoms with Gasteiger partial charge in [-0.05, 0) is 55.7 Å². The summed E-state index contributed by atoms with van der Waals surface area (Å²) >= 11 is 5.96. The lowest BCUT2D eigenvalue weighted by Crippen LogP contribution is -2.50. The first-order valence-corrected chi connectivity index (χ1v) is 10.5. The largest absolute Gasteiger partial charge is 0.484 e. The van der Waals surface area contributed by atoms with Gasteiger partial charge in [-0.25, -0.2) is 4.39 Å². The third kappa shape index (κ3) is 6.20. The molecule has 30 heavy (non-hydrogen) atoms. The zero-order valence-corrected chi connectivity index (χ0v) is 17.7. The summed E-state index contributed by atoms with van der Waals surface area (Å²) in [6.07, 6.45) is 4.13. The van der Waals surface area contributed by atoms with E-state index in [2.05, 4.69) is 5.32 Å². The van der Waals surface area contributed by atoms with Crippen molar-refractivity contribution < 1.29 is 18.7 Å². The highest BCUT2D eigenvalue weighted by molar-refractivity contribution is 6.30. The Hall–Kier alpha value is -2.60. The number of carbonyl (C=O) groups excluding carboxylic acids is 2. The number of rotatable bonds is 8. The molecular weight excluding hydrogens is 407 g/mol. The molecule has 0 radical (unpaired) electrons. The number of hydrogen-bond acceptors (Lipinski definition) is 3. The van der Waals surface area contributed by atoms with Gasteiger partial charge in [0.05, 0.1) is 0 Å². The fourth-order valence-corrected chi connectivity index (χ4v) is 3.73. The number of halogens is 2. The van der Waals surface area contributed by atoms with Crippen LogP contribution in [0.4, 0.5) is 4.39 Å². The van der Waals surface area contributed by atoms with Gasteiger partial charge in [-0.1, -0.05) is 42.6 Å². The van der Waals surface area contributed by atoms with Gasteiger partial charge in [0.1, 0.15) is 17.6 Å². The molecule has 1 N–H and O–H groups in total. The number of ether oxygens (including phenoxy) is 1. The van der Waals surface area contributed by atoms with Crippen LogP contribution in [0, 0.1) is 5.82 Å². The Balaban J connectivity index is 1.70. The molecule has 1 atom stereocenters. The van der Waals surface area contributed by atoms with E-state index in [0.717, 1.165) is 31.2 Å². The first-order chi connectivity index (χ1) is 14.4. The van der Waals surface area contributed by atoms with Crippen molar-refractivity contribution in [1.29, 1.82) is 0 Å². The van der Waals surface area contributed by atoms with Crippen LogP contribution in [0.2, 0.25) is 5.02 Å². The monoisotopic (exact) mass is 432 g/mol. The van der Waals surface area contributed by atoms with Gasteiger partial charge in [0.25, 0.3) is 5.91 Å². The smallest absolute Gasteiger partial charge is 0.261 e. The van der Waals surface area contributed by atoms with E-state index in [1.807, 2.05) is 0 Å². The molecular formula is C23H26ClFN2O3. The molecule has 1 fully saturated rings. The number of benzene rings is 2. The van der Waals surface area contributed by atoms with E-state index in [1.54, 1.807) is 43.3 Å². The minimum Gasteiger partial charge on any atom is -0.484 e. The minimum atomic E-state index is -0.689. The van der Waals surface area contributed by atoms with E-state index in [4.69, 9.17) is 16.3 Å². The van der Waals surface area contributed by atoms with Gasteiger partial charge in [0.15, 0.2) is 6.61 Å². The maximum atomic E-state index is 13.3. The maximum absolute atomic E-state index is 13.3. The molecule has 2 aromatic carbocycles. The van der Waals surface area contributed by atoms with E-state index in [1.165, 1.54) is 17.0 Å². The highest BCUT2D eigenvalue weighted by Gasteiger charge is 2.28. The second kappa shape index (κ2) is 10.4. The summed E-state index contributed by atoms with van der Waals surface area (Å²) in [5, 5.41) is 3.55. The van der Waals surface area contributed by atoms with E-state index < -0.39 is 6.04 Å². The average Bonchev–Trinajstić information content (AvgIpc) is 3.24. The first kappa shape index (κ1) is 22.1. The van der Waals surface area contributed by atoms with E-state index in [-0.39, 0.29) is 36.8 Å². The molecule has 0 unspecified atom stereocenters. The molecule has 1 aliphatic rings. The SMILES string of the molecule is C[C@@H](C(=O)NC1CCCC1)N(Cc1ccc(F)cc1)C(=O)COc1cccc(Cl)c1. The van der Waals surface area contributed by atoms with Crippen LogP contribution >= 0.6 is 11.6 Å². The zero-order chi connectivity index (χ0) is 21.5. The minimum absolute atomic E-state index is 0.158. The molecule has 2 amide bonds. The van der Waals surface area contributed by atoms with E-state index >= 15 is 0 Å². The van der Waals surface area contributed by atoms with Crippen molar-refractivity contribution in [2.45, 2.75) is 51.2 Å². The summed E-state index contributed by atoms with van der Waals surface area (Å²) in [5.74, 6) is -0.415. The first-order valence-electron chi connectivity index (χ1n) is 10.1. The Labute approximate surface area is 181 Å². The Morgan fingerprint density at radius 3 is 2.57 bits per heavy atom. The van der Waals surface area contributed by atoms with Gasteiger partial charge >= 0.3 is 0 Å². The quantitative estimate of drug-likeness (QED) is 0.675. The Morgan fingerprint density at radius 1 is 1.20 bits per heavy atom. The van der Waals surface area contributed by atoms with Crippen LogP contribution in [-0.2, 0) is 16.1 Å². The van der Waals surface area contributed by atoms with E-state index in [9.17, 15) is 14.0 Å². The van der Waals surface area contributed by atoms with Gasteiger partial charge in [-0.15, -0.1) is 0 Å². The van der Waals surface area contributed by atoms with Crippen molar-refractivity contribution in [3.8, 4) is 5.75 Å². The second-order valence-electron chi connectivity index (χ2n) is 7.56. The summed E-state index contributed by atoms with van der Waals surface area (Å²) in [7, 11) is 0. The van der Waals surface area contributed by atoms with Crippen molar-refractivity contribution in [2.24, 2.45) is 0 Å². The lowest BCUT2D eigenvalue weighted by atomic mass is 10.1. The molecule has 0 bridgehead atoms. The van der Waals surface area contributed by atoms with Gasteiger partial charge in [0, 0.05) is 17.6 Å². The van der Waals surface area contributed by atoms with Gasteiger partial charge < -0.3 is 15.0 Å². The third-order valence-corrected chi connectivity index (χ3v) is 5.53. The van der Waals surface area contributed by atoms with Crippen molar-refractivity contribution >= 4 is 23.4 Å². The normalized spacial score (nSPS) is 14.9. The molecule has 3 rings (SSSR count). The van der Waals surface area contributed by atoms with Crippen LogP contribution in [0.5, 0.6) is 5.75 Å². The molecule has 5 nitrogen and oxygen atoms in total. The summed E-state index contributed by atoms with van der Waals surface area (Å²) in [5.41, 5.74) is 0.730. The van der Waals surface area contributed by atoms with Crippen LogP contribution in [0.15, 0.2) is 48.5 Å². The van der Waals surface area contributed by atoms with Crippen LogP contribution in [0.3, 0.4) is 0 Å². The number of carbonyl (C=O) groups is 2. The van der Waals surface area contributed by atoms with Crippen molar-refractivity contribution in [1.82, 2.24) is 10.2 Å². The standard InChI is InChI=1S/C23H26ClFN2O3/c1-16(23(29)26-20-6-2-3-7-20)27(14-17-9-11-19(25)12-10-17)22(28)15-30-21-8-4-5-18(24)13-21/h4-5,8-13,16,20H,2-3,6-7,14-15H2,1H3,(H,26,29)/t16-/m0/s1. The Morgan fingerprint density at radius 2 is 1.90 bits per heavy atom. The fraction of sp³-hybridized carbons (Fsp3) is 0.391. The van der Waals surface area contributed by atoms with E-state index in [0.29, 0.717) is 10.8 Å². The molecule has 0 spiro atoms. The average molecular weight is 433 g/mol. The molecule has 0 aliphatic heterocycles. The second-order valence-corrected chi connectivity index (χ2v) is 8.00. The van der Waals surface area contributed by atoms with Crippen LogP contribution in [-0.4, -0.2) is 35.4 Å². The number of nitrogens with zero attached hydrogens (tertiary/aromatic N) is 1. The van der Waals surface area contributed by atoms with Gasteiger partial charge in [-0.3, -0.25) is 9.59 Å². The number of nitrogens with one attached hydrogen (secondary N) is 1. The van der Waals surface area contributed by atoms with Crippen molar-refractivity contribution in [3.63, 3.8) is 0 Å². The lowest BCUT2D eigenvalue weighted by molar-refractivity contribution is -0.142. The molecule has 0 aromatic heterocycles. The number of amides is 2. The Kier molecular flexibility index (Phi) is 7.69. The molecule has 2 aromatic rings. The molecule has 0 heterocycles. The highest BCUT2D eigenvalue weighted by Crippen LogP contribution is 2.20. The predicted octanol–water partition coefficient (Wildman–Crippen LogP) is 4.33. The lowest BCUT2D eigenvalue weighted by Gasteiger charge is -2.29. The number of hydrogen-bond donors (Lipinski definition) is 1. The van der Waals surface area contributed by atoms with Gasteiger partial charge in [0.2, 0.25) is 5.91 Å². The van der Waals surface area contributed by atoms with Gasteiger partial charge in [-0.2, -0.15) is 0 Å². The Bertz CT molecular complexity index is 869. The predicted molar refractivity (Wildman–Crippen MR) is 114 cm³/mol. The molecule has 1 aliphatic carbocycles. The van der Waals surface area contributed by atoms with Crippen LogP contribution < -0.4 is 10.1 Å². The summed E-state index contributed by atoms with van der Waals surface area (Å²) in [4.78, 5) is 27.2. The van der Waals surface area contributed by atoms with Crippen LogP contribution in [0.25, 0.3) is 0 Å². The van der Waals surface area contributed by atoms with Crippen molar-refractivity contribution in [2.75, 3.05) is 6.61 Å². The molecule has 160 valence electrons. The van der Waals surface area contributed by atoms with Crippen LogP contribution in [0.1, 0.15) is 38.2 Å². The third-order valence-electron chi connectivity index (χ3n) is 5.29. The topological polar surface area (TPSA) is 58.6 Å². The summed E-state index contributed by atoms with van der Waals surface area (Å²) in [6, 6.07) is 12.1.